The van der Waals surface area contributed by atoms with Crippen LogP contribution in [0, 0.1) is 37.5 Å². The zero-order valence-electron chi connectivity index (χ0n) is 15.6. The van der Waals surface area contributed by atoms with E-state index in [-0.39, 0.29) is 41.3 Å². The third kappa shape index (κ3) is 2.97. The van der Waals surface area contributed by atoms with Crippen molar-refractivity contribution < 1.29 is 23.9 Å². The maximum absolute atomic E-state index is 12.6. The van der Waals surface area contributed by atoms with Crippen LogP contribution < -0.4 is 0 Å². The van der Waals surface area contributed by atoms with E-state index in [1.54, 1.807) is 12.1 Å². The molecule has 1 aromatic carbocycles. The van der Waals surface area contributed by atoms with E-state index >= 15 is 0 Å². The van der Waals surface area contributed by atoms with Crippen LogP contribution in [0.1, 0.15) is 40.7 Å². The van der Waals surface area contributed by atoms with Crippen molar-refractivity contribution in [3.8, 4) is 0 Å². The number of nitrogens with zero attached hydrogens (tertiary/aromatic N) is 1. The number of imide groups is 1. The highest BCUT2D eigenvalue weighted by molar-refractivity contribution is 6.08. The van der Waals surface area contributed by atoms with Gasteiger partial charge in [-0.25, -0.2) is 0 Å². The van der Waals surface area contributed by atoms with Crippen molar-refractivity contribution in [2.24, 2.45) is 23.7 Å². The molecule has 6 heteroatoms. The highest BCUT2D eigenvalue weighted by atomic mass is 16.5. The fourth-order valence-corrected chi connectivity index (χ4v) is 4.95. The van der Waals surface area contributed by atoms with Gasteiger partial charge in [0.25, 0.3) is 0 Å². The second kappa shape index (κ2) is 6.59. The Labute approximate surface area is 157 Å². The average molecular weight is 369 g/mol. The van der Waals surface area contributed by atoms with Gasteiger partial charge in [-0.15, -0.1) is 0 Å². The molecule has 1 saturated heterocycles. The number of likely N-dealkylation sites (tertiary alicyclic amines) is 1. The minimum atomic E-state index is -0.721. The number of ketones is 1. The van der Waals surface area contributed by atoms with Crippen LogP contribution in [-0.2, 0) is 19.1 Å². The van der Waals surface area contributed by atoms with E-state index in [1.807, 2.05) is 19.9 Å². The number of hydrogen-bond donors (Lipinski definition) is 0. The summed E-state index contributed by atoms with van der Waals surface area (Å²) < 4.78 is 5.04. The first-order valence-electron chi connectivity index (χ1n) is 9.48. The Morgan fingerprint density at radius 3 is 2.26 bits per heavy atom. The number of esters is 1. The van der Waals surface area contributed by atoms with Gasteiger partial charge in [0.05, 0.1) is 11.8 Å². The molecular weight excluding hydrogens is 346 g/mol. The molecule has 1 aromatic rings. The fraction of sp³-hybridized carbons (Fsp3) is 0.524. The summed E-state index contributed by atoms with van der Waals surface area (Å²) in [6, 6.07) is 5.30. The SMILES string of the molecule is Cc1ccc(C(=O)COC(=O)CN2C(=O)[C@@H]3[C@H]4CC[C@@H](C4)[C@H]3C2=O)cc1C. The maximum Gasteiger partial charge on any atom is 0.326 e. The van der Waals surface area contributed by atoms with E-state index in [4.69, 9.17) is 4.74 Å². The molecule has 3 fully saturated rings. The van der Waals surface area contributed by atoms with Crippen LogP contribution in [0.3, 0.4) is 0 Å². The summed E-state index contributed by atoms with van der Waals surface area (Å²) in [5, 5.41) is 0. The lowest BCUT2D eigenvalue weighted by atomic mass is 9.81. The van der Waals surface area contributed by atoms with E-state index < -0.39 is 19.1 Å². The lowest BCUT2D eigenvalue weighted by molar-refractivity contribution is -0.152. The summed E-state index contributed by atoms with van der Waals surface area (Å²) in [6.45, 7) is 3.07. The number of amides is 2. The number of ether oxygens (including phenoxy) is 1. The molecule has 4 rings (SSSR count). The quantitative estimate of drug-likeness (QED) is 0.451. The molecule has 4 atom stereocenters. The van der Waals surface area contributed by atoms with Crippen molar-refractivity contribution in [2.75, 3.05) is 13.2 Å². The average Bonchev–Trinajstić information content (AvgIpc) is 3.32. The first-order chi connectivity index (χ1) is 12.9. The summed E-state index contributed by atoms with van der Waals surface area (Å²) in [7, 11) is 0. The number of carbonyl (C=O) groups excluding carboxylic acids is 4. The predicted octanol–water partition coefficient (Wildman–Crippen LogP) is 2.06. The molecule has 3 aliphatic rings. The number of Topliss-reactive ketones (excluding diaryl/α,β-unsaturated/α-hetero) is 1. The number of carbonyl (C=O) groups is 4. The molecule has 2 bridgehead atoms. The van der Waals surface area contributed by atoms with E-state index in [2.05, 4.69) is 0 Å². The van der Waals surface area contributed by atoms with Crippen molar-refractivity contribution >= 4 is 23.6 Å². The van der Waals surface area contributed by atoms with Crippen LogP contribution in [0.4, 0.5) is 0 Å². The van der Waals surface area contributed by atoms with Crippen LogP contribution in [-0.4, -0.2) is 41.6 Å². The Morgan fingerprint density at radius 2 is 1.67 bits per heavy atom. The first-order valence-corrected chi connectivity index (χ1v) is 9.48. The standard InChI is InChI=1S/C21H23NO5/c1-11-3-4-13(7-12(11)2)16(23)10-27-17(24)9-22-20(25)18-14-5-6-15(8-14)19(18)21(22)26/h3-4,7,14-15,18-19H,5-6,8-10H2,1-2H3/t14-,15-,18+,19+/m0/s1. The summed E-state index contributed by atoms with van der Waals surface area (Å²) in [5.74, 6) is -1.44. The summed E-state index contributed by atoms with van der Waals surface area (Å²) >= 11 is 0. The predicted molar refractivity (Wildman–Crippen MR) is 95.7 cm³/mol. The van der Waals surface area contributed by atoms with Crippen LogP contribution in [0.2, 0.25) is 0 Å². The zero-order valence-corrected chi connectivity index (χ0v) is 15.6. The Morgan fingerprint density at radius 1 is 1.04 bits per heavy atom. The summed E-state index contributed by atoms with van der Waals surface area (Å²) in [4.78, 5) is 50.5. The molecule has 6 nitrogen and oxygen atoms in total. The molecule has 0 spiro atoms. The van der Waals surface area contributed by atoms with Gasteiger partial charge in [0.15, 0.2) is 12.4 Å². The molecule has 142 valence electrons. The van der Waals surface area contributed by atoms with Crippen LogP contribution in [0.15, 0.2) is 18.2 Å². The summed E-state index contributed by atoms with van der Waals surface area (Å²) in [5.41, 5.74) is 2.54. The normalized spacial score (nSPS) is 28.6. The zero-order chi connectivity index (χ0) is 19.3. The molecule has 1 aliphatic heterocycles. The Kier molecular flexibility index (Phi) is 4.36. The molecule has 2 saturated carbocycles. The van der Waals surface area contributed by atoms with E-state index in [1.165, 1.54) is 0 Å². The van der Waals surface area contributed by atoms with Crippen LogP contribution in [0.5, 0.6) is 0 Å². The van der Waals surface area contributed by atoms with Gasteiger partial charge in [-0.05, 0) is 62.1 Å². The second-order valence-electron chi connectivity index (χ2n) is 8.03. The molecule has 27 heavy (non-hydrogen) atoms. The molecule has 2 aliphatic carbocycles. The Bertz CT molecular complexity index is 817. The van der Waals surface area contributed by atoms with Gasteiger partial charge in [0, 0.05) is 5.56 Å². The second-order valence-corrected chi connectivity index (χ2v) is 8.03. The minimum Gasteiger partial charge on any atom is -0.456 e. The van der Waals surface area contributed by atoms with E-state index in [0.29, 0.717) is 5.56 Å². The molecular formula is C21H23NO5. The van der Waals surface area contributed by atoms with E-state index in [0.717, 1.165) is 35.3 Å². The number of fused-ring (bicyclic) bond motifs is 5. The van der Waals surface area contributed by atoms with Gasteiger partial charge in [-0.2, -0.15) is 0 Å². The molecule has 0 N–H and O–H groups in total. The van der Waals surface area contributed by atoms with Gasteiger partial charge in [-0.1, -0.05) is 12.1 Å². The lowest BCUT2D eigenvalue weighted by Gasteiger charge is -2.19. The first kappa shape index (κ1) is 17.9. The highest BCUT2D eigenvalue weighted by Gasteiger charge is 2.61. The largest absolute Gasteiger partial charge is 0.456 e. The van der Waals surface area contributed by atoms with Crippen molar-refractivity contribution in [3.05, 3.63) is 34.9 Å². The third-order valence-corrected chi connectivity index (χ3v) is 6.50. The van der Waals surface area contributed by atoms with Crippen molar-refractivity contribution in [1.29, 1.82) is 0 Å². The highest BCUT2D eigenvalue weighted by Crippen LogP contribution is 2.56. The van der Waals surface area contributed by atoms with Crippen molar-refractivity contribution in [2.45, 2.75) is 33.1 Å². The number of rotatable bonds is 5. The Hall–Kier alpha value is -2.50. The number of hydrogen-bond acceptors (Lipinski definition) is 5. The summed E-state index contributed by atoms with van der Waals surface area (Å²) in [6.07, 6.45) is 2.94. The van der Waals surface area contributed by atoms with Gasteiger partial charge in [-0.3, -0.25) is 24.1 Å². The van der Waals surface area contributed by atoms with Crippen molar-refractivity contribution in [1.82, 2.24) is 4.90 Å². The minimum absolute atomic E-state index is 0.241. The monoisotopic (exact) mass is 369 g/mol. The van der Waals surface area contributed by atoms with Gasteiger partial charge in [0.2, 0.25) is 11.8 Å². The smallest absolute Gasteiger partial charge is 0.326 e. The number of aryl methyl sites for hydroxylation is 2. The van der Waals surface area contributed by atoms with Gasteiger partial charge >= 0.3 is 5.97 Å². The fourth-order valence-electron chi connectivity index (χ4n) is 4.95. The molecule has 0 unspecified atom stereocenters. The Balaban J connectivity index is 1.34. The molecule has 0 aromatic heterocycles. The van der Waals surface area contributed by atoms with Crippen LogP contribution >= 0.6 is 0 Å². The maximum atomic E-state index is 12.6. The van der Waals surface area contributed by atoms with Gasteiger partial charge in [0.1, 0.15) is 6.54 Å². The van der Waals surface area contributed by atoms with Gasteiger partial charge < -0.3 is 4.74 Å². The number of benzene rings is 1. The topological polar surface area (TPSA) is 80.8 Å². The molecule has 0 radical (unpaired) electrons. The third-order valence-electron chi connectivity index (χ3n) is 6.50. The van der Waals surface area contributed by atoms with Crippen molar-refractivity contribution in [3.63, 3.8) is 0 Å². The van der Waals surface area contributed by atoms with E-state index in [9.17, 15) is 19.2 Å². The molecule has 2 amide bonds. The van der Waals surface area contributed by atoms with Crippen LogP contribution in [0.25, 0.3) is 0 Å². The molecule has 1 heterocycles. The lowest BCUT2D eigenvalue weighted by Crippen LogP contribution is -2.38.